The lowest BCUT2D eigenvalue weighted by molar-refractivity contribution is -0.114. The Morgan fingerprint density at radius 2 is 1.59 bits per heavy atom. The third kappa shape index (κ3) is 4.92. The van der Waals surface area contributed by atoms with E-state index < -0.39 is 0 Å². The van der Waals surface area contributed by atoms with Gasteiger partial charge in [0.15, 0.2) is 0 Å². The Bertz CT molecular complexity index is 968. The normalized spacial score (nSPS) is 10.1. The number of aromatic nitrogens is 1. The fraction of sp³-hybridized carbons (Fsp3) is 0.0952. The van der Waals surface area contributed by atoms with E-state index in [0.717, 1.165) is 11.4 Å². The van der Waals surface area contributed by atoms with Gasteiger partial charge in [-0.15, -0.1) is 0 Å². The van der Waals surface area contributed by atoms with Crippen LogP contribution in [-0.2, 0) is 4.79 Å². The van der Waals surface area contributed by atoms with Crippen LogP contribution in [0, 0.1) is 6.92 Å². The molecule has 0 radical (unpaired) electrons. The lowest BCUT2D eigenvalue weighted by Crippen LogP contribution is -2.14. The van der Waals surface area contributed by atoms with Gasteiger partial charge in [0.1, 0.15) is 5.82 Å². The van der Waals surface area contributed by atoms with E-state index in [-0.39, 0.29) is 11.8 Å². The number of benzene rings is 2. The van der Waals surface area contributed by atoms with Crippen LogP contribution in [0.5, 0.6) is 0 Å². The zero-order valence-corrected chi connectivity index (χ0v) is 15.1. The van der Waals surface area contributed by atoms with Crippen molar-refractivity contribution in [2.45, 2.75) is 13.8 Å². The van der Waals surface area contributed by atoms with Crippen molar-refractivity contribution in [1.82, 2.24) is 4.98 Å². The number of carbonyl (C=O) groups excluding carboxylic acids is 2. The van der Waals surface area contributed by atoms with Crippen LogP contribution in [0.15, 0.2) is 66.9 Å². The van der Waals surface area contributed by atoms with Gasteiger partial charge in [0.05, 0.1) is 11.4 Å². The lowest BCUT2D eigenvalue weighted by atomic mass is 10.2. The van der Waals surface area contributed by atoms with Crippen LogP contribution < -0.4 is 16.0 Å². The number of hydrogen-bond acceptors (Lipinski definition) is 4. The van der Waals surface area contributed by atoms with E-state index in [1.807, 2.05) is 55.5 Å². The highest BCUT2D eigenvalue weighted by molar-refractivity contribution is 6.06. The van der Waals surface area contributed by atoms with E-state index in [9.17, 15) is 9.59 Å². The molecule has 6 heteroatoms. The predicted octanol–water partition coefficient (Wildman–Crippen LogP) is 4.34. The number of carbonyl (C=O) groups is 2. The number of aryl methyl sites for hydroxylation is 1. The maximum atomic E-state index is 12.6. The molecule has 1 heterocycles. The molecule has 1 aromatic heterocycles. The van der Waals surface area contributed by atoms with Crippen molar-refractivity contribution in [2.24, 2.45) is 0 Å². The summed E-state index contributed by atoms with van der Waals surface area (Å²) in [6.07, 6.45) is 1.48. The van der Waals surface area contributed by atoms with Crippen molar-refractivity contribution in [3.63, 3.8) is 0 Å². The molecule has 3 rings (SSSR count). The van der Waals surface area contributed by atoms with Gasteiger partial charge in [-0.3, -0.25) is 9.59 Å². The molecule has 2 aromatic carbocycles. The largest absolute Gasteiger partial charge is 0.354 e. The van der Waals surface area contributed by atoms with E-state index >= 15 is 0 Å². The van der Waals surface area contributed by atoms with Crippen LogP contribution >= 0.6 is 0 Å². The zero-order valence-electron chi connectivity index (χ0n) is 15.1. The maximum Gasteiger partial charge on any atom is 0.255 e. The maximum absolute atomic E-state index is 12.6. The predicted molar refractivity (Wildman–Crippen MR) is 107 cm³/mol. The minimum Gasteiger partial charge on any atom is -0.354 e. The van der Waals surface area contributed by atoms with Gasteiger partial charge in [-0.2, -0.15) is 0 Å². The van der Waals surface area contributed by atoms with E-state index in [1.54, 1.807) is 6.07 Å². The summed E-state index contributed by atoms with van der Waals surface area (Å²) in [6, 6.07) is 18.6. The number of pyridine rings is 1. The summed E-state index contributed by atoms with van der Waals surface area (Å²) in [5, 5.41) is 8.78. The molecule has 136 valence electrons. The summed E-state index contributed by atoms with van der Waals surface area (Å²) in [4.78, 5) is 27.8. The summed E-state index contributed by atoms with van der Waals surface area (Å²) in [5.74, 6) is -0.198. The van der Waals surface area contributed by atoms with E-state index in [0.29, 0.717) is 17.1 Å². The highest BCUT2D eigenvalue weighted by Gasteiger charge is 2.11. The van der Waals surface area contributed by atoms with Crippen molar-refractivity contribution in [3.8, 4) is 0 Å². The van der Waals surface area contributed by atoms with Crippen LogP contribution in [0.4, 0.5) is 22.9 Å². The fourth-order valence-electron chi connectivity index (χ4n) is 2.51. The van der Waals surface area contributed by atoms with E-state index in [1.165, 1.54) is 24.8 Å². The van der Waals surface area contributed by atoms with Gasteiger partial charge >= 0.3 is 0 Å². The molecule has 0 unspecified atom stereocenters. The minimum absolute atomic E-state index is 0.243. The molecule has 2 amide bonds. The first kappa shape index (κ1) is 18.1. The van der Waals surface area contributed by atoms with Crippen LogP contribution in [0.25, 0.3) is 0 Å². The topological polar surface area (TPSA) is 83.1 Å². The Morgan fingerprint density at radius 3 is 2.30 bits per heavy atom. The first-order valence-corrected chi connectivity index (χ1v) is 8.49. The fourth-order valence-corrected chi connectivity index (χ4v) is 2.51. The molecule has 0 atom stereocenters. The van der Waals surface area contributed by atoms with Gasteiger partial charge < -0.3 is 16.0 Å². The summed E-state index contributed by atoms with van der Waals surface area (Å²) in [5.41, 5.74) is 3.94. The average molecular weight is 360 g/mol. The second-order valence-corrected chi connectivity index (χ2v) is 6.10. The smallest absolute Gasteiger partial charge is 0.255 e. The monoisotopic (exact) mass is 360 g/mol. The highest BCUT2D eigenvalue weighted by Crippen LogP contribution is 2.26. The molecule has 0 aliphatic rings. The third-order valence-electron chi connectivity index (χ3n) is 3.83. The first-order valence-electron chi connectivity index (χ1n) is 8.49. The molecule has 0 fully saturated rings. The summed E-state index contributed by atoms with van der Waals surface area (Å²) >= 11 is 0. The van der Waals surface area contributed by atoms with Crippen molar-refractivity contribution >= 4 is 34.7 Å². The Balaban J connectivity index is 1.78. The van der Waals surface area contributed by atoms with E-state index in [4.69, 9.17) is 0 Å². The van der Waals surface area contributed by atoms with Gasteiger partial charge in [0, 0.05) is 24.4 Å². The molecule has 6 nitrogen and oxygen atoms in total. The Labute approximate surface area is 157 Å². The molecule has 0 saturated heterocycles. The molecule has 27 heavy (non-hydrogen) atoms. The molecule has 3 aromatic rings. The molecule has 0 saturated carbocycles. The Morgan fingerprint density at radius 1 is 0.889 bits per heavy atom. The average Bonchev–Trinajstić information content (AvgIpc) is 2.65. The van der Waals surface area contributed by atoms with Crippen LogP contribution in [0.2, 0.25) is 0 Å². The minimum atomic E-state index is -0.290. The van der Waals surface area contributed by atoms with Crippen molar-refractivity contribution in [2.75, 3.05) is 16.0 Å². The summed E-state index contributed by atoms with van der Waals surface area (Å²) in [6.45, 7) is 3.42. The van der Waals surface area contributed by atoms with Gasteiger partial charge in [0.2, 0.25) is 5.91 Å². The molecule has 0 spiro atoms. The van der Waals surface area contributed by atoms with Gasteiger partial charge in [-0.05, 0) is 43.3 Å². The zero-order chi connectivity index (χ0) is 19.2. The summed E-state index contributed by atoms with van der Waals surface area (Å²) < 4.78 is 0. The first-order chi connectivity index (χ1) is 13.0. The SMILES string of the molecule is CC(=O)Nc1cc(C(=O)Nc2ccccc2Nc2ccc(C)cc2)ccn1. The quantitative estimate of drug-likeness (QED) is 0.632. The molecule has 3 N–H and O–H groups in total. The van der Waals surface area contributed by atoms with Gasteiger partial charge in [-0.1, -0.05) is 29.8 Å². The molecule has 0 aliphatic heterocycles. The van der Waals surface area contributed by atoms with Crippen LogP contribution in [0.1, 0.15) is 22.8 Å². The number of para-hydroxylation sites is 2. The number of nitrogens with zero attached hydrogens (tertiary/aromatic N) is 1. The van der Waals surface area contributed by atoms with Crippen LogP contribution in [-0.4, -0.2) is 16.8 Å². The standard InChI is InChI=1S/C21H20N4O2/c1-14-7-9-17(10-8-14)24-18-5-3-4-6-19(18)25-21(27)16-11-12-22-20(13-16)23-15(2)26/h3-13,24H,1-2H3,(H,25,27)(H,22,23,26). The lowest BCUT2D eigenvalue weighted by Gasteiger charge is -2.13. The van der Waals surface area contributed by atoms with Gasteiger partial charge in [-0.25, -0.2) is 4.98 Å². The molecular weight excluding hydrogens is 340 g/mol. The van der Waals surface area contributed by atoms with Crippen molar-refractivity contribution < 1.29 is 9.59 Å². The number of rotatable bonds is 5. The number of amides is 2. The molecule has 0 aliphatic carbocycles. The number of hydrogen-bond donors (Lipinski definition) is 3. The number of nitrogens with one attached hydrogen (secondary N) is 3. The number of anilines is 4. The van der Waals surface area contributed by atoms with Crippen molar-refractivity contribution in [3.05, 3.63) is 78.0 Å². The third-order valence-corrected chi connectivity index (χ3v) is 3.83. The Hall–Kier alpha value is -3.67. The summed E-state index contributed by atoms with van der Waals surface area (Å²) in [7, 11) is 0. The van der Waals surface area contributed by atoms with Gasteiger partial charge in [0.25, 0.3) is 5.91 Å². The second kappa shape index (κ2) is 8.14. The van der Waals surface area contributed by atoms with Crippen LogP contribution in [0.3, 0.4) is 0 Å². The molecule has 0 bridgehead atoms. The molecular formula is C21H20N4O2. The van der Waals surface area contributed by atoms with Crippen molar-refractivity contribution in [1.29, 1.82) is 0 Å². The second-order valence-electron chi connectivity index (χ2n) is 6.10. The Kier molecular flexibility index (Phi) is 5.47. The highest BCUT2D eigenvalue weighted by atomic mass is 16.2. The van der Waals surface area contributed by atoms with E-state index in [2.05, 4.69) is 20.9 Å².